The molecule has 0 radical (unpaired) electrons. The Hall–Kier alpha value is -4.56. The zero-order chi connectivity index (χ0) is 32.7. The van der Waals surface area contributed by atoms with Gasteiger partial charge in [-0.25, -0.2) is 14.2 Å². The highest BCUT2D eigenvalue weighted by Gasteiger charge is 2.35. The minimum Gasteiger partial charge on any atom is -0.490 e. The second kappa shape index (κ2) is 12.3. The smallest absolute Gasteiger partial charge is 0.339 e. The molecular weight excluding hydrogens is 581 g/mol. The number of methoxy groups -OCH3 is 1. The fourth-order valence-electron chi connectivity index (χ4n) is 6.49. The predicted octanol–water partition coefficient (Wildman–Crippen LogP) is 8.00. The highest BCUT2D eigenvalue weighted by Crippen LogP contribution is 2.45. The van der Waals surface area contributed by atoms with Crippen molar-refractivity contribution in [1.29, 1.82) is 0 Å². The number of carbonyl (C=O) groups is 1. The van der Waals surface area contributed by atoms with Crippen molar-refractivity contribution in [2.75, 3.05) is 13.7 Å². The molecule has 1 aliphatic rings. The molecule has 5 aromatic rings. The standard InChI is InChI=1S/C38H40FN3O4/c1-22-27-14-11-17-45-34(27)30(39)20-28(22)33-29-21-31(25-15-16-40-26(19-25)18-24-12-9-8-10-13-24)42(6)36(29)41-23(2)32(33)35(37(43)44-7)46-38(3,4)5/h8-10,12-13,15-16,19-21,35H,11,14,17-18H2,1-7H3/t35-/m0/s1. The number of rotatable bonds is 7. The van der Waals surface area contributed by atoms with Crippen LogP contribution in [0.4, 0.5) is 4.39 Å². The Morgan fingerprint density at radius 1 is 1.11 bits per heavy atom. The molecule has 0 N–H and O–H groups in total. The summed E-state index contributed by atoms with van der Waals surface area (Å²) in [5.41, 5.74) is 8.32. The largest absolute Gasteiger partial charge is 0.490 e. The van der Waals surface area contributed by atoms with Crippen molar-refractivity contribution in [2.24, 2.45) is 7.05 Å². The van der Waals surface area contributed by atoms with Crippen LogP contribution in [0.25, 0.3) is 33.4 Å². The van der Waals surface area contributed by atoms with Gasteiger partial charge in [0.15, 0.2) is 17.7 Å². The molecule has 1 atom stereocenters. The lowest BCUT2D eigenvalue weighted by Crippen LogP contribution is -2.29. The van der Waals surface area contributed by atoms with Gasteiger partial charge in [0, 0.05) is 58.7 Å². The van der Waals surface area contributed by atoms with Crippen molar-refractivity contribution in [3.8, 4) is 28.1 Å². The number of benzene rings is 2. The van der Waals surface area contributed by atoms with Crippen molar-refractivity contribution in [3.63, 3.8) is 0 Å². The van der Waals surface area contributed by atoms with Gasteiger partial charge < -0.3 is 18.8 Å². The summed E-state index contributed by atoms with van der Waals surface area (Å²) in [6, 6.07) is 17.9. The van der Waals surface area contributed by atoms with Crippen LogP contribution in [0.2, 0.25) is 0 Å². The van der Waals surface area contributed by atoms with Gasteiger partial charge in [0.05, 0.1) is 25.0 Å². The molecule has 238 valence electrons. The maximum atomic E-state index is 15.8. The number of hydrogen-bond acceptors (Lipinski definition) is 6. The number of pyridine rings is 2. The van der Waals surface area contributed by atoms with Gasteiger partial charge in [-0.1, -0.05) is 30.3 Å². The molecule has 0 fully saturated rings. The van der Waals surface area contributed by atoms with E-state index >= 15 is 4.39 Å². The third-order valence-corrected chi connectivity index (χ3v) is 8.60. The van der Waals surface area contributed by atoms with Crippen LogP contribution >= 0.6 is 0 Å². The molecule has 3 aromatic heterocycles. The van der Waals surface area contributed by atoms with Crippen LogP contribution in [0, 0.1) is 19.7 Å². The van der Waals surface area contributed by atoms with Crippen molar-refractivity contribution < 1.29 is 23.4 Å². The number of carbonyl (C=O) groups excluding carboxylic acids is 1. The summed E-state index contributed by atoms with van der Waals surface area (Å²) in [6.45, 7) is 10.0. The summed E-state index contributed by atoms with van der Waals surface area (Å²) >= 11 is 0. The third kappa shape index (κ3) is 5.89. The number of aryl methyl sites for hydroxylation is 2. The van der Waals surface area contributed by atoms with E-state index in [9.17, 15) is 4.79 Å². The van der Waals surface area contributed by atoms with E-state index in [-0.39, 0.29) is 0 Å². The molecule has 0 unspecified atom stereocenters. The third-order valence-electron chi connectivity index (χ3n) is 8.60. The van der Waals surface area contributed by atoms with Crippen LogP contribution in [0.3, 0.4) is 0 Å². The van der Waals surface area contributed by atoms with Crippen LogP contribution in [-0.4, -0.2) is 39.8 Å². The summed E-state index contributed by atoms with van der Waals surface area (Å²) in [6.07, 6.45) is 2.94. The molecule has 7 nitrogen and oxygen atoms in total. The number of fused-ring (bicyclic) bond motifs is 2. The molecule has 46 heavy (non-hydrogen) atoms. The van der Waals surface area contributed by atoms with E-state index in [1.165, 1.54) is 18.7 Å². The van der Waals surface area contributed by atoms with Crippen LogP contribution in [0.1, 0.15) is 66.9 Å². The van der Waals surface area contributed by atoms with E-state index in [1.54, 1.807) is 0 Å². The van der Waals surface area contributed by atoms with Gasteiger partial charge in [0.2, 0.25) is 0 Å². The van der Waals surface area contributed by atoms with Crippen LogP contribution < -0.4 is 4.74 Å². The number of halogens is 1. The minimum atomic E-state index is -1.09. The van der Waals surface area contributed by atoms with E-state index < -0.39 is 23.5 Å². The van der Waals surface area contributed by atoms with Gasteiger partial charge in [-0.15, -0.1) is 0 Å². The Kier molecular flexibility index (Phi) is 8.42. The van der Waals surface area contributed by atoms with E-state index in [4.69, 9.17) is 19.2 Å². The Morgan fingerprint density at radius 2 is 1.87 bits per heavy atom. The number of aromatic nitrogens is 3. The van der Waals surface area contributed by atoms with Crippen molar-refractivity contribution in [3.05, 3.63) is 100 Å². The first-order chi connectivity index (χ1) is 22.0. The van der Waals surface area contributed by atoms with Crippen LogP contribution in [-0.2, 0) is 34.2 Å². The number of nitrogens with zero attached hydrogens (tertiary/aromatic N) is 3. The van der Waals surface area contributed by atoms with E-state index in [2.05, 4.69) is 29.2 Å². The lowest BCUT2D eigenvalue weighted by Gasteiger charge is -2.29. The fourth-order valence-corrected chi connectivity index (χ4v) is 6.49. The summed E-state index contributed by atoms with van der Waals surface area (Å²) in [4.78, 5) is 23.1. The zero-order valence-corrected chi connectivity index (χ0v) is 27.5. The highest BCUT2D eigenvalue weighted by atomic mass is 19.1. The number of hydrogen-bond donors (Lipinski definition) is 0. The molecule has 8 heteroatoms. The van der Waals surface area contributed by atoms with E-state index in [1.807, 2.05) is 76.7 Å². The molecule has 1 aliphatic heterocycles. The molecule has 0 bridgehead atoms. The summed E-state index contributed by atoms with van der Waals surface area (Å²) < 4.78 is 35.3. The van der Waals surface area contributed by atoms with Gasteiger partial charge in [-0.2, -0.15) is 0 Å². The minimum absolute atomic E-state index is 0.308. The van der Waals surface area contributed by atoms with Crippen LogP contribution in [0.5, 0.6) is 5.75 Å². The van der Waals surface area contributed by atoms with E-state index in [0.717, 1.165) is 39.9 Å². The lowest BCUT2D eigenvalue weighted by molar-refractivity contribution is -0.164. The quantitative estimate of drug-likeness (QED) is 0.172. The molecule has 2 aromatic carbocycles. The topological polar surface area (TPSA) is 75.5 Å². The summed E-state index contributed by atoms with van der Waals surface area (Å²) in [5, 5.41) is 0.783. The van der Waals surface area contributed by atoms with Gasteiger partial charge in [-0.3, -0.25) is 4.98 Å². The monoisotopic (exact) mass is 621 g/mol. The first kappa shape index (κ1) is 31.4. The summed E-state index contributed by atoms with van der Waals surface area (Å²) in [5.74, 6) is -0.662. The van der Waals surface area contributed by atoms with Gasteiger partial charge in [0.1, 0.15) is 5.65 Å². The molecule has 0 spiro atoms. The molecule has 0 amide bonds. The van der Waals surface area contributed by atoms with Gasteiger partial charge in [-0.05, 0) is 88.4 Å². The lowest BCUT2D eigenvalue weighted by atomic mass is 9.86. The Bertz CT molecular complexity index is 1940. The highest BCUT2D eigenvalue weighted by molar-refractivity contribution is 6.01. The number of esters is 1. The first-order valence-corrected chi connectivity index (χ1v) is 15.7. The molecule has 4 heterocycles. The van der Waals surface area contributed by atoms with Crippen LogP contribution in [0.15, 0.2) is 60.8 Å². The normalized spacial score (nSPS) is 13.7. The summed E-state index contributed by atoms with van der Waals surface area (Å²) in [7, 11) is 3.32. The molecule has 6 rings (SSSR count). The number of ether oxygens (including phenoxy) is 3. The maximum absolute atomic E-state index is 15.8. The molecule has 0 aliphatic carbocycles. The molecular formula is C38H40FN3O4. The van der Waals surface area contributed by atoms with Crippen molar-refractivity contribution >= 4 is 17.0 Å². The predicted molar refractivity (Wildman–Crippen MR) is 177 cm³/mol. The van der Waals surface area contributed by atoms with Crippen molar-refractivity contribution in [1.82, 2.24) is 14.5 Å². The second-order valence-electron chi connectivity index (χ2n) is 12.9. The molecule has 0 saturated heterocycles. The Labute approximate surface area is 269 Å². The Balaban J connectivity index is 1.63. The zero-order valence-electron chi connectivity index (χ0n) is 27.5. The average Bonchev–Trinajstić information content (AvgIpc) is 3.36. The van der Waals surface area contributed by atoms with Gasteiger partial charge in [0.25, 0.3) is 0 Å². The maximum Gasteiger partial charge on any atom is 0.339 e. The average molecular weight is 622 g/mol. The SMILES string of the molecule is COC(=O)[C@@H](OC(C)(C)C)c1c(C)nc2c(cc(-c3ccnc(Cc4ccccc4)c3)n2C)c1-c1cc(F)c2c(c1C)CCCO2. The van der Waals surface area contributed by atoms with Gasteiger partial charge >= 0.3 is 5.97 Å². The first-order valence-electron chi connectivity index (χ1n) is 15.7. The Morgan fingerprint density at radius 3 is 2.59 bits per heavy atom. The molecule has 0 saturated carbocycles. The van der Waals surface area contributed by atoms with E-state index in [0.29, 0.717) is 53.2 Å². The fraction of sp³-hybridized carbons (Fsp3) is 0.342. The van der Waals surface area contributed by atoms with Crippen molar-refractivity contribution in [2.45, 2.75) is 65.6 Å². The second-order valence-corrected chi connectivity index (χ2v) is 12.9.